The Morgan fingerprint density at radius 2 is 2.28 bits per heavy atom. The summed E-state index contributed by atoms with van der Waals surface area (Å²) in [4.78, 5) is 2.13. The summed E-state index contributed by atoms with van der Waals surface area (Å²) >= 11 is 6.31. The highest BCUT2D eigenvalue weighted by atomic mass is 35.5. The van der Waals surface area contributed by atoms with Gasteiger partial charge in [-0.25, -0.2) is 0 Å². The Hall–Kier alpha value is -1.03. The Morgan fingerprint density at radius 3 is 2.78 bits per heavy atom. The molecule has 1 atom stereocenters. The first kappa shape index (κ1) is 15.0. The molecule has 2 N–H and O–H groups in total. The van der Waals surface area contributed by atoms with E-state index in [0.29, 0.717) is 11.6 Å². The van der Waals surface area contributed by atoms with Crippen molar-refractivity contribution < 1.29 is 4.74 Å². The van der Waals surface area contributed by atoms with Crippen LogP contribution in [0.1, 0.15) is 18.5 Å². The minimum Gasteiger partial charge on any atom is -0.383 e. The predicted molar refractivity (Wildman–Crippen MR) is 78.3 cm³/mol. The van der Waals surface area contributed by atoms with Crippen molar-refractivity contribution in [2.75, 3.05) is 31.7 Å². The van der Waals surface area contributed by atoms with E-state index in [4.69, 9.17) is 22.1 Å². The van der Waals surface area contributed by atoms with Gasteiger partial charge >= 0.3 is 0 Å². The number of benzene rings is 1. The standard InChI is InChI=1S/C14H21ClN2O/c1-4-7-17(8-9-18-3)14-6-5-12(11(2)16)10-13(14)15/h4-6,10-11H,1,7-9,16H2,2-3H3. The Morgan fingerprint density at radius 1 is 1.56 bits per heavy atom. The Labute approximate surface area is 114 Å². The number of hydrogen-bond donors (Lipinski definition) is 1. The first-order valence-electron chi connectivity index (χ1n) is 6.00. The van der Waals surface area contributed by atoms with E-state index < -0.39 is 0 Å². The highest BCUT2D eigenvalue weighted by Crippen LogP contribution is 2.28. The van der Waals surface area contributed by atoms with Gasteiger partial charge in [-0.1, -0.05) is 23.7 Å². The van der Waals surface area contributed by atoms with E-state index in [1.165, 1.54) is 0 Å². The number of methoxy groups -OCH3 is 1. The maximum Gasteiger partial charge on any atom is 0.0643 e. The van der Waals surface area contributed by atoms with Crippen molar-refractivity contribution in [1.82, 2.24) is 0 Å². The molecule has 0 heterocycles. The third-order valence-corrected chi connectivity index (χ3v) is 3.06. The maximum absolute atomic E-state index is 6.31. The average Bonchev–Trinajstić information content (AvgIpc) is 2.34. The van der Waals surface area contributed by atoms with Crippen molar-refractivity contribution in [3.05, 3.63) is 41.4 Å². The lowest BCUT2D eigenvalue weighted by atomic mass is 10.1. The number of halogens is 1. The summed E-state index contributed by atoms with van der Waals surface area (Å²) in [6, 6.07) is 5.92. The highest BCUT2D eigenvalue weighted by Gasteiger charge is 2.10. The lowest BCUT2D eigenvalue weighted by Gasteiger charge is -2.24. The molecule has 0 saturated heterocycles. The van der Waals surface area contributed by atoms with Gasteiger partial charge in [-0.15, -0.1) is 6.58 Å². The fourth-order valence-electron chi connectivity index (χ4n) is 1.73. The number of nitrogens with two attached hydrogens (primary N) is 1. The third kappa shape index (κ3) is 4.02. The molecule has 1 unspecified atom stereocenters. The predicted octanol–water partition coefficient (Wildman–Crippen LogP) is 3.00. The first-order valence-corrected chi connectivity index (χ1v) is 6.37. The minimum absolute atomic E-state index is 0.0108. The van der Waals surface area contributed by atoms with Crippen molar-refractivity contribution in [1.29, 1.82) is 0 Å². The number of ether oxygens (including phenoxy) is 1. The van der Waals surface area contributed by atoms with Crippen LogP contribution >= 0.6 is 11.6 Å². The van der Waals surface area contributed by atoms with E-state index in [0.717, 1.165) is 24.3 Å². The minimum atomic E-state index is -0.0108. The van der Waals surface area contributed by atoms with Crippen LogP contribution in [0.2, 0.25) is 5.02 Å². The van der Waals surface area contributed by atoms with E-state index in [2.05, 4.69) is 11.5 Å². The number of nitrogens with zero attached hydrogens (tertiary/aromatic N) is 1. The van der Waals surface area contributed by atoms with Gasteiger partial charge in [0, 0.05) is 26.2 Å². The second-order valence-electron chi connectivity index (χ2n) is 4.23. The molecule has 0 radical (unpaired) electrons. The van der Waals surface area contributed by atoms with E-state index >= 15 is 0 Å². The largest absolute Gasteiger partial charge is 0.383 e. The molecular weight excluding hydrogens is 248 g/mol. The molecule has 0 fully saturated rings. The van der Waals surface area contributed by atoms with E-state index in [-0.39, 0.29) is 6.04 Å². The molecule has 100 valence electrons. The van der Waals surface area contributed by atoms with E-state index in [1.807, 2.05) is 31.2 Å². The topological polar surface area (TPSA) is 38.5 Å². The molecule has 0 aromatic heterocycles. The summed E-state index contributed by atoms with van der Waals surface area (Å²) in [5.41, 5.74) is 7.86. The smallest absolute Gasteiger partial charge is 0.0643 e. The molecule has 0 aliphatic carbocycles. The van der Waals surface area contributed by atoms with Crippen molar-refractivity contribution in [3.63, 3.8) is 0 Å². The van der Waals surface area contributed by atoms with Gasteiger partial charge in [-0.2, -0.15) is 0 Å². The van der Waals surface area contributed by atoms with Crippen LogP contribution in [0.15, 0.2) is 30.9 Å². The van der Waals surface area contributed by atoms with Crippen LogP contribution in [-0.2, 0) is 4.74 Å². The quantitative estimate of drug-likeness (QED) is 0.773. The van der Waals surface area contributed by atoms with Crippen LogP contribution in [0, 0.1) is 0 Å². The summed E-state index contributed by atoms with van der Waals surface area (Å²) in [7, 11) is 1.69. The summed E-state index contributed by atoms with van der Waals surface area (Å²) in [6.45, 7) is 7.87. The van der Waals surface area contributed by atoms with E-state index in [9.17, 15) is 0 Å². The molecule has 0 aliphatic rings. The third-order valence-electron chi connectivity index (χ3n) is 2.75. The zero-order valence-electron chi connectivity index (χ0n) is 11.0. The second kappa shape index (κ2) is 7.41. The number of rotatable bonds is 7. The van der Waals surface area contributed by atoms with Crippen molar-refractivity contribution in [2.45, 2.75) is 13.0 Å². The summed E-state index contributed by atoms with van der Waals surface area (Å²) in [5, 5.41) is 0.711. The van der Waals surface area contributed by atoms with Gasteiger partial charge in [0.15, 0.2) is 0 Å². The van der Waals surface area contributed by atoms with Crippen molar-refractivity contribution in [3.8, 4) is 0 Å². The van der Waals surface area contributed by atoms with Gasteiger partial charge in [0.05, 0.1) is 17.3 Å². The summed E-state index contributed by atoms with van der Waals surface area (Å²) in [5.74, 6) is 0. The molecule has 1 aromatic carbocycles. The molecule has 0 bridgehead atoms. The SMILES string of the molecule is C=CCN(CCOC)c1ccc(C(C)N)cc1Cl. The lowest BCUT2D eigenvalue weighted by Crippen LogP contribution is -2.27. The first-order chi connectivity index (χ1) is 8.60. The molecule has 0 saturated carbocycles. The van der Waals surface area contributed by atoms with Crippen LogP contribution in [0.3, 0.4) is 0 Å². The fourth-order valence-corrected chi connectivity index (χ4v) is 2.04. The zero-order chi connectivity index (χ0) is 13.5. The molecule has 3 nitrogen and oxygen atoms in total. The van der Waals surface area contributed by atoms with Gasteiger partial charge in [0.25, 0.3) is 0 Å². The van der Waals surface area contributed by atoms with Crippen LogP contribution in [0.4, 0.5) is 5.69 Å². The van der Waals surface area contributed by atoms with Crippen molar-refractivity contribution in [2.24, 2.45) is 5.73 Å². The average molecular weight is 269 g/mol. The Kier molecular flexibility index (Phi) is 6.19. The molecule has 4 heteroatoms. The summed E-state index contributed by atoms with van der Waals surface area (Å²) in [6.07, 6.45) is 1.85. The Balaban J connectivity index is 2.93. The number of anilines is 1. The van der Waals surface area contributed by atoms with Crippen LogP contribution in [0.25, 0.3) is 0 Å². The molecule has 0 spiro atoms. The monoisotopic (exact) mass is 268 g/mol. The Bertz CT molecular complexity index is 393. The summed E-state index contributed by atoms with van der Waals surface area (Å²) < 4.78 is 5.10. The lowest BCUT2D eigenvalue weighted by molar-refractivity contribution is 0.206. The molecule has 0 aliphatic heterocycles. The molecule has 1 aromatic rings. The van der Waals surface area contributed by atoms with Gasteiger partial charge in [-0.3, -0.25) is 0 Å². The number of hydrogen-bond acceptors (Lipinski definition) is 3. The van der Waals surface area contributed by atoms with Crippen LogP contribution in [0.5, 0.6) is 0 Å². The molecule has 18 heavy (non-hydrogen) atoms. The molecule has 0 amide bonds. The van der Waals surface area contributed by atoms with Gasteiger partial charge in [0.2, 0.25) is 0 Å². The van der Waals surface area contributed by atoms with Gasteiger partial charge in [0.1, 0.15) is 0 Å². The highest BCUT2D eigenvalue weighted by molar-refractivity contribution is 6.33. The normalized spacial score (nSPS) is 12.2. The fraction of sp³-hybridized carbons (Fsp3) is 0.429. The van der Waals surface area contributed by atoms with E-state index in [1.54, 1.807) is 7.11 Å². The maximum atomic E-state index is 6.31. The van der Waals surface area contributed by atoms with Gasteiger partial charge in [-0.05, 0) is 24.6 Å². The second-order valence-corrected chi connectivity index (χ2v) is 4.63. The zero-order valence-corrected chi connectivity index (χ0v) is 11.8. The van der Waals surface area contributed by atoms with Gasteiger partial charge < -0.3 is 15.4 Å². The molecule has 1 rings (SSSR count). The molecular formula is C14H21ClN2O. The van der Waals surface area contributed by atoms with Crippen LogP contribution in [-0.4, -0.2) is 26.8 Å². The van der Waals surface area contributed by atoms with Crippen molar-refractivity contribution >= 4 is 17.3 Å². The van der Waals surface area contributed by atoms with Crippen LogP contribution < -0.4 is 10.6 Å².